The topological polar surface area (TPSA) is 84.9 Å². The molecule has 2 N–H and O–H groups in total. The van der Waals surface area contributed by atoms with Crippen LogP contribution in [0.4, 0.5) is 0 Å². The van der Waals surface area contributed by atoms with Crippen LogP contribution in [0.2, 0.25) is 0 Å². The highest BCUT2D eigenvalue weighted by atomic mass is 127. The zero-order valence-electron chi connectivity index (χ0n) is 13.3. The number of carbonyl (C=O) groups is 2. The summed E-state index contributed by atoms with van der Waals surface area (Å²) >= 11 is 2.11. The largest absolute Gasteiger partial charge is 0.490 e. The Kier molecular flexibility index (Phi) is 7.87. The molecule has 0 bridgehead atoms. The van der Waals surface area contributed by atoms with Gasteiger partial charge in [0, 0.05) is 6.92 Å². The number of hydrogen-bond acceptors (Lipinski definition) is 4. The Hall–Kier alpha value is -1.77. The molecule has 1 aromatic rings. The van der Waals surface area contributed by atoms with Crippen LogP contribution in [-0.4, -0.2) is 30.2 Å². The first-order valence-electron chi connectivity index (χ1n) is 7.20. The maximum Gasteiger partial charge on any atom is 0.352 e. The first-order chi connectivity index (χ1) is 10.9. The summed E-state index contributed by atoms with van der Waals surface area (Å²) in [5.74, 6) is -0.463. The molecule has 0 atom stereocenters. The van der Waals surface area contributed by atoms with Crippen molar-refractivity contribution >= 4 is 40.5 Å². The first kappa shape index (κ1) is 19.3. The molecule has 0 spiro atoms. The van der Waals surface area contributed by atoms with E-state index in [1.807, 2.05) is 13.8 Å². The van der Waals surface area contributed by atoms with Crippen LogP contribution >= 0.6 is 22.6 Å². The van der Waals surface area contributed by atoms with Crippen molar-refractivity contribution in [1.29, 1.82) is 0 Å². The smallest absolute Gasteiger partial charge is 0.352 e. The van der Waals surface area contributed by atoms with E-state index in [-0.39, 0.29) is 5.70 Å². The summed E-state index contributed by atoms with van der Waals surface area (Å²) in [5.41, 5.74) is 0.408. The summed E-state index contributed by atoms with van der Waals surface area (Å²) in [5, 5.41) is 11.5. The molecule has 0 unspecified atom stereocenters. The highest BCUT2D eigenvalue weighted by molar-refractivity contribution is 14.1. The lowest BCUT2D eigenvalue weighted by atomic mass is 10.1. The molecule has 0 saturated carbocycles. The van der Waals surface area contributed by atoms with E-state index < -0.39 is 11.9 Å². The molecule has 1 amide bonds. The molecule has 0 fully saturated rings. The monoisotopic (exact) mass is 433 g/mol. The van der Waals surface area contributed by atoms with Crippen LogP contribution in [0.1, 0.15) is 32.8 Å². The zero-order chi connectivity index (χ0) is 17.4. The molecule has 0 aliphatic heterocycles. The third-order valence-electron chi connectivity index (χ3n) is 2.63. The minimum absolute atomic E-state index is 0.196. The zero-order valence-corrected chi connectivity index (χ0v) is 15.5. The van der Waals surface area contributed by atoms with Gasteiger partial charge in [0.25, 0.3) is 0 Å². The van der Waals surface area contributed by atoms with Crippen molar-refractivity contribution in [3.63, 3.8) is 0 Å². The SMILES string of the molecule is CCCOc1c(I)cc(/C=C(/NC(C)=O)C(=O)O)cc1OCC. The second-order valence-corrected chi connectivity index (χ2v) is 5.82. The van der Waals surface area contributed by atoms with Gasteiger partial charge in [0.2, 0.25) is 5.91 Å². The van der Waals surface area contributed by atoms with Gasteiger partial charge < -0.3 is 19.9 Å². The third-order valence-corrected chi connectivity index (χ3v) is 3.44. The molecule has 126 valence electrons. The predicted molar refractivity (Wildman–Crippen MR) is 95.5 cm³/mol. The molecule has 7 heteroatoms. The predicted octanol–water partition coefficient (Wildman–Crippen LogP) is 3.04. The maximum atomic E-state index is 11.2. The number of nitrogens with one attached hydrogen (secondary N) is 1. The van der Waals surface area contributed by atoms with Crippen LogP contribution < -0.4 is 14.8 Å². The van der Waals surface area contributed by atoms with Crippen molar-refractivity contribution in [3.8, 4) is 11.5 Å². The van der Waals surface area contributed by atoms with E-state index in [4.69, 9.17) is 14.6 Å². The molecule has 1 rings (SSSR count). The molecule has 0 aliphatic carbocycles. The summed E-state index contributed by atoms with van der Waals surface area (Å²) in [4.78, 5) is 22.3. The van der Waals surface area contributed by atoms with E-state index in [0.29, 0.717) is 30.3 Å². The molecule has 23 heavy (non-hydrogen) atoms. The van der Waals surface area contributed by atoms with Gasteiger partial charge in [0.1, 0.15) is 5.70 Å². The van der Waals surface area contributed by atoms with Crippen molar-refractivity contribution in [2.24, 2.45) is 0 Å². The Morgan fingerprint density at radius 3 is 2.52 bits per heavy atom. The van der Waals surface area contributed by atoms with E-state index >= 15 is 0 Å². The number of carbonyl (C=O) groups excluding carboxylic acids is 1. The van der Waals surface area contributed by atoms with Gasteiger partial charge in [-0.1, -0.05) is 6.92 Å². The number of halogens is 1. The van der Waals surface area contributed by atoms with Crippen LogP contribution in [0, 0.1) is 3.57 Å². The minimum Gasteiger partial charge on any atom is -0.490 e. The van der Waals surface area contributed by atoms with Crippen molar-refractivity contribution < 1.29 is 24.2 Å². The number of carboxylic acid groups (broad SMARTS) is 1. The average Bonchev–Trinajstić information content (AvgIpc) is 2.45. The van der Waals surface area contributed by atoms with E-state index in [0.717, 1.165) is 9.99 Å². The summed E-state index contributed by atoms with van der Waals surface area (Å²) in [6.07, 6.45) is 2.26. The highest BCUT2D eigenvalue weighted by Gasteiger charge is 2.14. The summed E-state index contributed by atoms with van der Waals surface area (Å²) in [6, 6.07) is 3.47. The molecule has 1 aromatic carbocycles. The molecule has 0 saturated heterocycles. The Morgan fingerprint density at radius 1 is 1.30 bits per heavy atom. The molecule has 0 aromatic heterocycles. The van der Waals surface area contributed by atoms with Crippen molar-refractivity contribution in [2.75, 3.05) is 13.2 Å². The van der Waals surface area contributed by atoms with Gasteiger partial charge in [-0.2, -0.15) is 0 Å². The van der Waals surface area contributed by atoms with Crippen LogP contribution in [0.3, 0.4) is 0 Å². The quantitative estimate of drug-likeness (QED) is 0.487. The normalized spacial score (nSPS) is 11.0. The molecule has 0 aliphatic rings. The number of rotatable bonds is 8. The maximum absolute atomic E-state index is 11.2. The number of hydrogen-bond donors (Lipinski definition) is 2. The third kappa shape index (κ3) is 6.09. The number of aliphatic carboxylic acids is 1. The Labute approximate surface area is 149 Å². The summed E-state index contributed by atoms with van der Waals surface area (Å²) in [7, 11) is 0. The van der Waals surface area contributed by atoms with Gasteiger partial charge in [-0.05, 0) is 59.7 Å². The van der Waals surface area contributed by atoms with Crippen LogP contribution in [0.5, 0.6) is 11.5 Å². The molecular weight excluding hydrogens is 413 g/mol. The number of benzene rings is 1. The molecule has 0 heterocycles. The Balaban J connectivity index is 3.26. The van der Waals surface area contributed by atoms with E-state index in [9.17, 15) is 9.59 Å². The van der Waals surface area contributed by atoms with Crippen LogP contribution in [0.25, 0.3) is 6.08 Å². The fourth-order valence-corrected chi connectivity index (χ4v) is 2.57. The average molecular weight is 433 g/mol. The van der Waals surface area contributed by atoms with Gasteiger partial charge in [-0.15, -0.1) is 0 Å². The van der Waals surface area contributed by atoms with E-state index in [1.54, 1.807) is 12.1 Å². The van der Waals surface area contributed by atoms with Crippen LogP contribution in [0.15, 0.2) is 17.8 Å². The standard InChI is InChI=1S/C16H20INO5/c1-4-6-23-15-12(17)7-11(9-14(15)22-5-2)8-13(16(20)21)18-10(3)19/h7-9H,4-6H2,1-3H3,(H,18,19)(H,20,21)/b13-8+. The lowest BCUT2D eigenvalue weighted by Crippen LogP contribution is -2.24. The molecular formula is C16H20INO5. The second kappa shape index (κ2) is 9.39. The Morgan fingerprint density at radius 2 is 2.00 bits per heavy atom. The van der Waals surface area contributed by atoms with Crippen molar-refractivity contribution in [1.82, 2.24) is 5.32 Å². The molecule has 0 radical (unpaired) electrons. The fraction of sp³-hybridized carbons (Fsp3) is 0.375. The van der Waals surface area contributed by atoms with E-state index in [2.05, 4.69) is 27.9 Å². The number of amides is 1. The summed E-state index contributed by atoms with van der Waals surface area (Å²) < 4.78 is 12.1. The van der Waals surface area contributed by atoms with Gasteiger partial charge in [0.05, 0.1) is 16.8 Å². The number of carboxylic acids is 1. The van der Waals surface area contributed by atoms with Crippen LogP contribution in [-0.2, 0) is 9.59 Å². The Bertz CT molecular complexity index is 613. The minimum atomic E-state index is -1.21. The first-order valence-corrected chi connectivity index (χ1v) is 8.28. The lowest BCUT2D eigenvalue weighted by molar-refractivity contribution is -0.134. The van der Waals surface area contributed by atoms with Gasteiger partial charge in [0.15, 0.2) is 11.5 Å². The number of ether oxygens (including phenoxy) is 2. The molecule has 6 nitrogen and oxygen atoms in total. The second-order valence-electron chi connectivity index (χ2n) is 4.66. The van der Waals surface area contributed by atoms with Gasteiger partial charge in [-0.25, -0.2) is 4.79 Å². The van der Waals surface area contributed by atoms with Gasteiger partial charge >= 0.3 is 5.97 Å². The van der Waals surface area contributed by atoms with Crippen molar-refractivity contribution in [3.05, 3.63) is 27.0 Å². The lowest BCUT2D eigenvalue weighted by Gasteiger charge is -2.14. The highest BCUT2D eigenvalue weighted by Crippen LogP contribution is 2.35. The van der Waals surface area contributed by atoms with Crippen molar-refractivity contribution in [2.45, 2.75) is 27.2 Å². The van der Waals surface area contributed by atoms with E-state index in [1.165, 1.54) is 13.0 Å². The van der Waals surface area contributed by atoms with Gasteiger partial charge in [-0.3, -0.25) is 4.79 Å². The fourth-order valence-electron chi connectivity index (χ4n) is 1.79. The summed E-state index contributed by atoms with van der Waals surface area (Å²) in [6.45, 7) is 6.16.